The lowest BCUT2D eigenvalue weighted by Crippen LogP contribution is -2.46. The summed E-state index contributed by atoms with van der Waals surface area (Å²) < 4.78 is 20.9. The molecule has 1 N–H and O–H groups in total. The second kappa shape index (κ2) is 5.37. The Labute approximate surface area is 133 Å². The molecule has 1 amide bonds. The van der Waals surface area contributed by atoms with Gasteiger partial charge in [0.25, 0.3) is 5.56 Å². The van der Waals surface area contributed by atoms with E-state index in [1.54, 1.807) is 32.9 Å². The van der Waals surface area contributed by atoms with Crippen LogP contribution in [0.5, 0.6) is 0 Å². The molecular formula is C17H19FN2O3. The molecule has 3 rings (SSSR count). The van der Waals surface area contributed by atoms with Gasteiger partial charge in [0.05, 0.1) is 11.6 Å². The molecule has 5 nitrogen and oxygen atoms in total. The second-order valence-electron chi connectivity index (χ2n) is 6.79. The van der Waals surface area contributed by atoms with Crippen LogP contribution in [-0.2, 0) is 17.7 Å². The van der Waals surface area contributed by atoms with E-state index in [1.807, 2.05) is 0 Å². The minimum atomic E-state index is -0.612. The molecule has 1 aromatic carbocycles. The van der Waals surface area contributed by atoms with Crippen LogP contribution in [0.4, 0.5) is 9.18 Å². The van der Waals surface area contributed by atoms with Crippen LogP contribution < -0.4 is 10.9 Å². The van der Waals surface area contributed by atoms with E-state index in [1.165, 1.54) is 16.7 Å². The van der Waals surface area contributed by atoms with Gasteiger partial charge in [-0.05, 0) is 50.8 Å². The summed E-state index contributed by atoms with van der Waals surface area (Å²) in [5.74, 6) is -0.368. The van der Waals surface area contributed by atoms with Crippen molar-refractivity contribution in [1.29, 1.82) is 0 Å². The Morgan fingerprint density at radius 1 is 1.30 bits per heavy atom. The number of aromatic nitrogens is 1. The van der Waals surface area contributed by atoms with Gasteiger partial charge in [-0.15, -0.1) is 0 Å². The number of hydrogen-bond donors (Lipinski definition) is 1. The molecular weight excluding hydrogens is 299 g/mol. The minimum Gasteiger partial charge on any atom is -0.444 e. The third kappa shape index (κ3) is 3.06. The quantitative estimate of drug-likeness (QED) is 0.879. The molecule has 1 atom stereocenters. The van der Waals surface area contributed by atoms with Crippen LogP contribution in [0, 0.1) is 5.82 Å². The molecule has 2 aromatic rings. The van der Waals surface area contributed by atoms with Gasteiger partial charge in [-0.25, -0.2) is 9.18 Å². The Morgan fingerprint density at radius 3 is 2.70 bits per heavy atom. The zero-order valence-corrected chi connectivity index (χ0v) is 13.4. The Morgan fingerprint density at radius 2 is 2.00 bits per heavy atom. The summed E-state index contributed by atoms with van der Waals surface area (Å²) in [4.78, 5) is 24.1. The molecule has 122 valence electrons. The number of hydrogen-bond acceptors (Lipinski definition) is 3. The van der Waals surface area contributed by atoms with Crippen LogP contribution in [0.2, 0.25) is 0 Å². The molecule has 0 radical (unpaired) electrons. The van der Waals surface area contributed by atoms with Crippen molar-refractivity contribution >= 4 is 17.0 Å². The van der Waals surface area contributed by atoms with Crippen LogP contribution >= 0.6 is 0 Å². The van der Waals surface area contributed by atoms with Gasteiger partial charge in [0.1, 0.15) is 11.4 Å². The van der Waals surface area contributed by atoms with Crippen molar-refractivity contribution in [1.82, 2.24) is 9.88 Å². The maximum Gasteiger partial charge on any atom is 0.407 e. The molecule has 1 aromatic heterocycles. The van der Waals surface area contributed by atoms with E-state index in [4.69, 9.17) is 4.74 Å². The molecule has 2 heterocycles. The topological polar surface area (TPSA) is 60.3 Å². The Balaban J connectivity index is 1.93. The molecule has 1 unspecified atom stereocenters. The van der Waals surface area contributed by atoms with Crippen LogP contribution in [0.25, 0.3) is 10.9 Å². The number of carbonyl (C=O) groups is 1. The first kappa shape index (κ1) is 15.5. The number of alkyl carbamates (subject to hydrolysis) is 1. The highest BCUT2D eigenvalue weighted by atomic mass is 19.1. The van der Waals surface area contributed by atoms with Gasteiger partial charge in [-0.1, -0.05) is 0 Å². The summed E-state index contributed by atoms with van der Waals surface area (Å²) >= 11 is 0. The monoisotopic (exact) mass is 318 g/mol. The normalized spacial score (nSPS) is 17.1. The summed E-state index contributed by atoms with van der Waals surface area (Å²) in [6.07, 6.45) is -0.242. The third-order valence-electron chi connectivity index (χ3n) is 3.77. The van der Waals surface area contributed by atoms with Crippen molar-refractivity contribution in [2.45, 2.75) is 45.4 Å². The Bertz CT molecular complexity index is 836. The Kier molecular flexibility index (Phi) is 3.62. The maximum atomic E-state index is 14.2. The molecule has 0 spiro atoms. The van der Waals surface area contributed by atoms with Crippen molar-refractivity contribution in [2.75, 3.05) is 0 Å². The van der Waals surface area contributed by atoms with E-state index in [0.29, 0.717) is 24.0 Å². The fraction of sp³-hybridized carbons (Fsp3) is 0.412. The summed E-state index contributed by atoms with van der Waals surface area (Å²) in [6.45, 7) is 5.61. The van der Waals surface area contributed by atoms with Crippen LogP contribution in [0.1, 0.15) is 26.3 Å². The first-order valence-corrected chi connectivity index (χ1v) is 7.55. The summed E-state index contributed by atoms with van der Waals surface area (Å²) in [5.41, 5.74) is 0.242. The average molecular weight is 318 g/mol. The highest BCUT2D eigenvalue weighted by molar-refractivity contribution is 5.83. The van der Waals surface area contributed by atoms with E-state index < -0.39 is 17.7 Å². The number of amides is 1. The van der Waals surface area contributed by atoms with Gasteiger partial charge >= 0.3 is 6.09 Å². The minimum absolute atomic E-state index is 0.208. The number of pyridine rings is 1. The van der Waals surface area contributed by atoms with E-state index in [2.05, 4.69) is 5.32 Å². The van der Waals surface area contributed by atoms with Crippen LogP contribution in [-0.4, -0.2) is 22.3 Å². The predicted molar refractivity (Wildman–Crippen MR) is 85.0 cm³/mol. The van der Waals surface area contributed by atoms with Gasteiger partial charge in [0.2, 0.25) is 0 Å². The zero-order valence-electron chi connectivity index (χ0n) is 13.4. The van der Waals surface area contributed by atoms with Crippen LogP contribution in [0.15, 0.2) is 29.1 Å². The maximum absolute atomic E-state index is 14.2. The number of nitrogens with one attached hydrogen (secondary N) is 1. The number of carbonyl (C=O) groups excluding carboxylic acids is 1. The zero-order chi connectivity index (χ0) is 16.8. The molecule has 0 saturated heterocycles. The molecule has 0 bridgehead atoms. The van der Waals surface area contributed by atoms with E-state index in [-0.39, 0.29) is 11.4 Å². The summed E-state index contributed by atoms with van der Waals surface area (Å²) in [6, 6.07) is 5.81. The molecule has 0 fully saturated rings. The molecule has 0 saturated carbocycles. The first-order chi connectivity index (χ1) is 10.7. The lowest BCUT2D eigenvalue weighted by molar-refractivity contribution is 0.0498. The molecule has 23 heavy (non-hydrogen) atoms. The standard InChI is InChI=1S/C17H19FN2O3/c1-17(2,3)23-16(22)19-11-8-12-13(18)6-4-10-5-7-14(21)20(9-11)15(10)12/h4-7,11H,8-9H2,1-3H3,(H,19,22). The lowest BCUT2D eigenvalue weighted by atomic mass is 9.97. The summed E-state index contributed by atoms with van der Waals surface area (Å²) in [5, 5.41) is 3.54. The van der Waals surface area contributed by atoms with E-state index in [9.17, 15) is 14.0 Å². The highest BCUT2D eigenvalue weighted by Crippen LogP contribution is 2.26. The smallest absolute Gasteiger partial charge is 0.407 e. The van der Waals surface area contributed by atoms with Gasteiger partial charge in [0.15, 0.2) is 0 Å². The molecule has 1 aliphatic rings. The van der Waals surface area contributed by atoms with E-state index >= 15 is 0 Å². The van der Waals surface area contributed by atoms with Crippen molar-refractivity contribution in [3.63, 3.8) is 0 Å². The number of ether oxygens (including phenoxy) is 1. The number of nitrogens with zero attached hydrogens (tertiary/aromatic N) is 1. The number of halogens is 1. The third-order valence-corrected chi connectivity index (χ3v) is 3.77. The van der Waals surface area contributed by atoms with E-state index in [0.717, 1.165) is 5.39 Å². The molecule has 6 heteroatoms. The lowest BCUT2D eigenvalue weighted by Gasteiger charge is -2.28. The molecule has 0 aliphatic carbocycles. The Hall–Kier alpha value is -2.37. The van der Waals surface area contributed by atoms with Gasteiger partial charge in [-0.2, -0.15) is 0 Å². The van der Waals surface area contributed by atoms with Crippen molar-refractivity contribution in [3.05, 3.63) is 46.0 Å². The van der Waals surface area contributed by atoms with Gasteiger partial charge in [-0.3, -0.25) is 4.79 Å². The van der Waals surface area contributed by atoms with Crippen LogP contribution in [0.3, 0.4) is 0 Å². The summed E-state index contributed by atoms with van der Waals surface area (Å²) in [7, 11) is 0. The highest BCUT2D eigenvalue weighted by Gasteiger charge is 2.26. The predicted octanol–water partition coefficient (Wildman–Crippen LogP) is 2.59. The first-order valence-electron chi connectivity index (χ1n) is 7.55. The fourth-order valence-electron chi connectivity index (χ4n) is 2.92. The number of rotatable bonds is 1. The van der Waals surface area contributed by atoms with Crippen molar-refractivity contribution in [2.24, 2.45) is 0 Å². The number of benzene rings is 1. The van der Waals surface area contributed by atoms with Gasteiger partial charge < -0.3 is 14.6 Å². The largest absolute Gasteiger partial charge is 0.444 e. The second-order valence-corrected chi connectivity index (χ2v) is 6.79. The fourth-order valence-corrected chi connectivity index (χ4v) is 2.92. The van der Waals surface area contributed by atoms with Gasteiger partial charge in [0, 0.05) is 18.2 Å². The van der Waals surface area contributed by atoms with Crippen molar-refractivity contribution in [3.8, 4) is 0 Å². The molecule has 1 aliphatic heterocycles. The SMILES string of the molecule is CC(C)(C)OC(=O)NC1Cc2c(F)ccc3ccc(=O)n(c23)C1. The average Bonchev–Trinajstić information content (AvgIpc) is 2.43. The van der Waals surface area contributed by atoms with Crippen molar-refractivity contribution < 1.29 is 13.9 Å².